The van der Waals surface area contributed by atoms with Gasteiger partial charge in [0.25, 0.3) is 5.91 Å². The van der Waals surface area contributed by atoms with Crippen LogP contribution >= 0.6 is 0 Å². The molecule has 4 heterocycles. The summed E-state index contributed by atoms with van der Waals surface area (Å²) in [7, 11) is 2.02. The van der Waals surface area contributed by atoms with E-state index in [-0.39, 0.29) is 17.9 Å². The summed E-state index contributed by atoms with van der Waals surface area (Å²) in [6, 6.07) is 1.82. The van der Waals surface area contributed by atoms with Crippen molar-refractivity contribution < 1.29 is 9.90 Å². The number of hydrogen-bond acceptors (Lipinski definition) is 5. The van der Waals surface area contributed by atoms with Gasteiger partial charge in [-0.25, -0.2) is 0 Å². The van der Waals surface area contributed by atoms with Crippen molar-refractivity contribution in [2.45, 2.75) is 44.2 Å². The maximum absolute atomic E-state index is 12.7. The fourth-order valence-electron chi connectivity index (χ4n) is 4.16. The molecule has 0 radical (unpaired) electrons. The Morgan fingerprint density at radius 2 is 2.07 bits per heavy atom. The van der Waals surface area contributed by atoms with Crippen LogP contribution in [0.25, 0.3) is 0 Å². The largest absolute Gasteiger partial charge is 0.393 e. The number of piperidine rings is 2. The van der Waals surface area contributed by atoms with Gasteiger partial charge in [-0.15, -0.1) is 10.2 Å². The Kier molecular flexibility index (Phi) is 5.27. The standard InChI is InChI=1S/C19H28N6O2/c1-23-17(13-24-9-5-16(26)6-10-24)21-22-18(23)15-3-2-8-25(12-15)19(27)14-4-7-20-11-14/h4,7,11,15-16,20,26H,2-3,5-6,8-10,12-13H2,1H3/t15-/m1/s1. The smallest absolute Gasteiger partial charge is 0.255 e. The number of aliphatic hydroxyl groups is 1. The van der Waals surface area contributed by atoms with Crippen LogP contribution in [-0.4, -0.2) is 72.8 Å². The molecule has 2 fully saturated rings. The summed E-state index contributed by atoms with van der Waals surface area (Å²) in [4.78, 5) is 19.9. The van der Waals surface area contributed by atoms with Crippen molar-refractivity contribution >= 4 is 5.91 Å². The molecule has 2 aliphatic rings. The topological polar surface area (TPSA) is 90.3 Å². The second kappa shape index (κ2) is 7.82. The lowest BCUT2D eigenvalue weighted by Crippen LogP contribution is -2.39. The lowest BCUT2D eigenvalue weighted by Gasteiger charge is -2.32. The number of nitrogens with zero attached hydrogens (tertiary/aromatic N) is 5. The number of nitrogens with one attached hydrogen (secondary N) is 1. The van der Waals surface area contributed by atoms with Gasteiger partial charge in [-0.1, -0.05) is 0 Å². The molecule has 146 valence electrons. The minimum absolute atomic E-state index is 0.0789. The summed E-state index contributed by atoms with van der Waals surface area (Å²) in [6.07, 6.45) is 7.02. The number of aromatic amines is 1. The lowest BCUT2D eigenvalue weighted by molar-refractivity contribution is 0.0702. The fraction of sp³-hybridized carbons (Fsp3) is 0.632. The molecule has 0 aliphatic carbocycles. The molecular formula is C19H28N6O2. The molecule has 2 saturated heterocycles. The SMILES string of the molecule is Cn1c(CN2CCC(O)CC2)nnc1[C@@H]1CCCN(C(=O)c2cc[nH]c2)C1. The van der Waals surface area contributed by atoms with Gasteiger partial charge >= 0.3 is 0 Å². The van der Waals surface area contributed by atoms with Gasteiger partial charge in [-0.3, -0.25) is 9.69 Å². The van der Waals surface area contributed by atoms with E-state index in [2.05, 4.69) is 24.6 Å². The molecule has 1 atom stereocenters. The van der Waals surface area contributed by atoms with E-state index in [9.17, 15) is 9.90 Å². The van der Waals surface area contributed by atoms with Crippen molar-refractivity contribution in [3.05, 3.63) is 35.7 Å². The van der Waals surface area contributed by atoms with Crippen molar-refractivity contribution in [1.29, 1.82) is 0 Å². The van der Waals surface area contributed by atoms with E-state index in [1.165, 1.54) is 0 Å². The van der Waals surface area contributed by atoms with Gasteiger partial charge in [0.15, 0.2) is 0 Å². The first-order chi connectivity index (χ1) is 13.1. The number of aromatic nitrogens is 4. The predicted octanol–water partition coefficient (Wildman–Crippen LogP) is 1.12. The minimum Gasteiger partial charge on any atom is -0.393 e. The predicted molar refractivity (Wildman–Crippen MR) is 100 cm³/mol. The zero-order valence-corrected chi connectivity index (χ0v) is 15.8. The molecule has 2 aliphatic heterocycles. The van der Waals surface area contributed by atoms with Gasteiger partial charge in [0, 0.05) is 51.5 Å². The number of carbonyl (C=O) groups excluding carboxylic acids is 1. The van der Waals surface area contributed by atoms with Gasteiger partial charge < -0.3 is 19.6 Å². The molecule has 4 rings (SSSR count). The van der Waals surface area contributed by atoms with Gasteiger partial charge in [-0.05, 0) is 31.7 Å². The minimum atomic E-state index is -0.165. The first kappa shape index (κ1) is 18.2. The van der Waals surface area contributed by atoms with E-state index in [1.54, 1.807) is 12.4 Å². The Hall–Kier alpha value is -2.19. The van der Waals surface area contributed by atoms with Crippen molar-refractivity contribution in [2.24, 2.45) is 7.05 Å². The number of carbonyl (C=O) groups is 1. The fourth-order valence-corrected chi connectivity index (χ4v) is 4.16. The van der Waals surface area contributed by atoms with E-state index in [1.807, 2.05) is 18.0 Å². The Morgan fingerprint density at radius 3 is 2.81 bits per heavy atom. The van der Waals surface area contributed by atoms with Gasteiger partial charge in [0.1, 0.15) is 11.6 Å². The normalized spacial score (nSPS) is 22.3. The molecule has 0 saturated carbocycles. The highest BCUT2D eigenvalue weighted by Gasteiger charge is 2.29. The zero-order valence-electron chi connectivity index (χ0n) is 15.8. The maximum atomic E-state index is 12.7. The molecule has 2 N–H and O–H groups in total. The van der Waals surface area contributed by atoms with Crippen molar-refractivity contribution in [2.75, 3.05) is 26.2 Å². The Morgan fingerprint density at radius 1 is 1.26 bits per heavy atom. The highest BCUT2D eigenvalue weighted by atomic mass is 16.3. The zero-order chi connectivity index (χ0) is 18.8. The Bertz CT molecular complexity index is 763. The lowest BCUT2D eigenvalue weighted by atomic mass is 9.96. The van der Waals surface area contributed by atoms with Crippen molar-refractivity contribution in [3.63, 3.8) is 0 Å². The number of amides is 1. The third kappa shape index (κ3) is 3.91. The summed E-state index contributed by atoms with van der Waals surface area (Å²) in [5, 5.41) is 18.6. The van der Waals surface area contributed by atoms with E-state index < -0.39 is 0 Å². The summed E-state index contributed by atoms with van der Waals surface area (Å²) in [6.45, 7) is 4.03. The molecule has 0 bridgehead atoms. The first-order valence-electron chi connectivity index (χ1n) is 9.82. The Balaban J connectivity index is 1.42. The van der Waals surface area contributed by atoms with E-state index in [0.717, 1.165) is 63.5 Å². The average molecular weight is 372 g/mol. The number of rotatable bonds is 4. The molecule has 2 aromatic heterocycles. The van der Waals surface area contributed by atoms with Crippen molar-refractivity contribution in [1.82, 2.24) is 29.5 Å². The van der Waals surface area contributed by atoms with Crippen LogP contribution in [0.1, 0.15) is 53.6 Å². The average Bonchev–Trinajstić information content (AvgIpc) is 3.34. The Labute approximate surface area is 159 Å². The van der Waals surface area contributed by atoms with Crippen LogP contribution in [0.3, 0.4) is 0 Å². The maximum Gasteiger partial charge on any atom is 0.255 e. The summed E-state index contributed by atoms with van der Waals surface area (Å²) in [5.74, 6) is 2.22. The molecule has 2 aromatic rings. The molecule has 1 amide bonds. The molecule has 8 nitrogen and oxygen atoms in total. The van der Waals surface area contributed by atoms with Crippen LogP contribution in [0, 0.1) is 0 Å². The number of hydrogen-bond donors (Lipinski definition) is 2. The first-order valence-corrected chi connectivity index (χ1v) is 9.82. The van der Waals surface area contributed by atoms with Crippen LogP contribution in [0.2, 0.25) is 0 Å². The summed E-state index contributed by atoms with van der Waals surface area (Å²) >= 11 is 0. The number of aliphatic hydroxyl groups excluding tert-OH is 1. The van der Waals surface area contributed by atoms with E-state index >= 15 is 0 Å². The summed E-state index contributed by atoms with van der Waals surface area (Å²) in [5.41, 5.74) is 0.710. The van der Waals surface area contributed by atoms with Gasteiger partial charge in [0.05, 0.1) is 18.2 Å². The second-order valence-electron chi connectivity index (χ2n) is 7.73. The molecule has 27 heavy (non-hydrogen) atoms. The molecule has 0 spiro atoms. The molecular weight excluding hydrogens is 344 g/mol. The van der Waals surface area contributed by atoms with Gasteiger partial charge in [-0.2, -0.15) is 0 Å². The second-order valence-corrected chi connectivity index (χ2v) is 7.73. The monoisotopic (exact) mass is 372 g/mol. The van der Waals surface area contributed by atoms with E-state index in [0.29, 0.717) is 12.1 Å². The van der Waals surface area contributed by atoms with Crippen molar-refractivity contribution in [3.8, 4) is 0 Å². The van der Waals surface area contributed by atoms with E-state index in [4.69, 9.17) is 0 Å². The van der Waals surface area contributed by atoms with Crippen LogP contribution in [-0.2, 0) is 13.6 Å². The number of H-pyrrole nitrogens is 1. The number of likely N-dealkylation sites (tertiary alicyclic amines) is 2. The molecule has 8 heteroatoms. The third-order valence-electron chi connectivity index (χ3n) is 5.84. The highest BCUT2D eigenvalue weighted by Crippen LogP contribution is 2.27. The molecule has 0 unspecified atom stereocenters. The van der Waals surface area contributed by atoms with Crippen LogP contribution in [0.15, 0.2) is 18.5 Å². The molecule has 0 aromatic carbocycles. The van der Waals surface area contributed by atoms with Crippen LogP contribution < -0.4 is 0 Å². The quantitative estimate of drug-likeness (QED) is 0.839. The van der Waals surface area contributed by atoms with Crippen LogP contribution in [0.5, 0.6) is 0 Å². The highest BCUT2D eigenvalue weighted by molar-refractivity contribution is 5.94. The van der Waals surface area contributed by atoms with Gasteiger partial charge in [0.2, 0.25) is 0 Å². The third-order valence-corrected chi connectivity index (χ3v) is 5.84. The summed E-state index contributed by atoms with van der Waals surface area (Å²) < 4.78 is 2.10. The van der Waals surface area contributed by atoms with Crippen LogP contribution in [0.4, 0.5) is 0 Å².